The molecule has 7 nitrogen and oxygen atoms in total. The highest BCUT2D eigenvalue weighted by Crippen LogP contribution is 2.60. The second-order valence-corrected chi connectivity index (χ2v) is 12.1. The zero-order chi connectivity index (χ0) is 27.3. The second kappa shape index (κ2) is 9.87. The fraction of sp³-hybridized carbons (Fsp3) is 0.387. The molecule has 1 heterocycles. The van der Waals surface area contributed by atoms with Gasteiger partial charge >= 0.3 is 6.03 Å². The molecule has 39 heavy (non-hydrogen) atoms. The first kappa shape index (κ1) is 25.7. The van der Waals surface area contributed by atoms with Crippen molar-refractivity contribution in [1.82, 2.24) is 5.32 Å². The van der Waals surface area contributed by atoms with Crippen molar-refractivity contribution in [2.75, 3.05) is 18.6 Å². The number of benzene rings is 2. The van der Waals surface area contributed by atoms with Crippen LogP contribution in [-0.4, -0.2) is 31.6 Å². The number of carbonyl (C=O) groups is 3. The predicted octanol–water partition coefficient (Wildman–Crippen LogP) is 5.60. The number of terminal acetylenes is 1. The molecular formula is C31H29BrN2O5. The van der Waals surface area contributed by atoms with Crippen LogP contribution < -0.4 is 19.7 Å². The third-order valence-corrected chi connectivity index (χ3v) is 9.46. The maximum atomic E-state index is 13.5. The lowest BCUT2D eigenvalue weighted by Crippen LogP contribution is -2.54. The van der Waals surface area contributed by atoms with Crippen LogP contribution in [0.25, 0.3) is 6.08 Å². The molecule has 5 aliphatic rings. The molecule has 2 aromatic rings. The fourth-order valence-corrected chi connectivity index (χ4v) is 7.97. The number of imide groups is 2. The first-order chi connectivity index (χ1) is 18.8. The Balaban J connectivity index is 1.29. The van der Waals surface area contributed by atoms with Crippen LogP contribution in [0.2, 0.25) is 0 Å². The van der Waals surface area contributed by atoms with Gasteiger partial charge in [0.05, 0.1) is 12.8 Å². The number of carbonyl (C=O) groups excluding carboxylic acids is 3. The van der Waals surface area contributed by atoms with Crippen molar-refractivity contribution in [3.8, 4) is 23.8 Å². The molecule has 1 aliphatic heterocycles. The lowest BCUT2D eigenvalue weighted by molar-refractivity contribution is -0.122. The molecule has 4 bridgehead atoms. The minimum absolute atomic E-state index is 0.0584. The van der Waals surface area contributed by atoms with Gasteiger partial charge in [0.1, 0.15) is 12.2 Å². The largest absolute Gasteiger partial charge is 0.493 e. The van der Waals surface area contributed by atoms with Gasteiger partial charge in [-0.2, -0.15) is 0 Å². The minimum atomic E-state index is -0.764. The lowest BCUT2D eigenvalue weighted by Gasteiger charge is -2.57. The van der Waals surface area contributed by atoms with Gasteiger partial charge in [0.15, 0.2) is 11.5 Å². The van der Waals surface area contributed by atoms with Crippen LogP contribution in [0.1, 0.15) is 49.7 Å². The van der Waals surface area contributed by atoms with Crippen molar-refractivity contribution in [3.63, 3.8) is 0 Å². The number of hydrogen-bond acceptors (Lipinski definition) is 5. The zero-order valence-electron chi connectivity index (χ0n) is 21.7. The molecule has 0 aromatic heterocycles. The van der Waals surface area contributed by atoms with E-state index in [2.05, 4.69) is 39.3 Å². The molecule has 5 fully saturated rings. The van der Waals surface area contributed by atoms with E-state index in [-0.39, 0.29) is 17.6 Å². The summed E-state index contributed by atoms with van der Waals surface area (Å²) in [4.78, 5) is 40.1. The number of methoxy groups -OCH3 is 1. The molecule has 0 radical (unpaired) electrons. The van der Waals surface area contributed by atoms with Gasteiger partial charge in [0.25, 0.3) is 11.8 Å². The van der Waals surface area contributed by atoms with E-state index >= 15 is 0 Å². The van der Waals surface area contributed by atoms with E-state index in [0.29, 0.717) is 27.2 Å². The smallest absolute Gasteiger partial charge is 0.335 e. The van der Waals surface area contributed by atoms with Crippen LogP contribution in [0.5, 0.6) is 11.5 Å². The maximum Gasteiger partial charge on any atom is 0.335 e. The summed E-state index contributed by atoms with van der Waals surface area (Å²) in [5.74, 6) is 4.21. The summed E-state index contributed by atoms with van der Waals surface area (Å²) in [5, 5.41) is 2.30. The Morgan fingerprint density at radius 3 is 2.28 bits per heavy atom. The van der Waals surface area contributed by atoms with E-state index in [9.17, 15) is 14.4 Å². The normalized spacial score (nSPS) is 28.4. The number of rotatable bonds is 6. The Kier molecular flexibility index (Phi) is 6.50. The third-order valence-electron chi connectivity index (χ3n) is 8.77. The van der Waals surface area contributed by atoms with Crippen LogP contribution in [0.3, 0.4) is 0 Å². The lowest BCUT2D eigenvalue weighted by atomic mass is 9.48. The van der Waals surface area contributed by atoms with E-state index in [4.69, 9.17) is 15.9 Å². The Hall–Kier alpha value is -3.57. The molecule has 1 saturated heterocycles. The number of nitrogens with zero attached hydrogens (tertiary/aromatic N) is 1. The van der Waals surface area contributed by atoms with Gasteiger partial charge < -0.3 is 9.47 Å². The van der Waals surface area contributed by atoms with Crippen molar-refractivity contribution >= 4 is 45.5 Å². The number of barbiturate groups is 1. The quantitative estimate of drug-likeness (QED) is 0.269. The van der Waals surface area contributed by atoms with Crippen LogP contribution in [0.15, 0.2) is 46.4 Å². The molecule has 4 amide bonds. The molecule has 0 atom stereocenters. The van der Waals surface area contributed by atoms with Crippen molar-refractivity contribution in [2.24, 2.45) is 17.8 Å². The van der Waals surface area contributed by atoms with Crippen molar-refractivity contribution in [2.45, 2.75) is 43.9 Å². The molecule has 0 spiro atoms. The number of anilines is 1. The Labute approximate surface area is 236 Å². The highest BCUT2D eigenvalue weighted by atomic mass is 79.9. The molecular weight excluding hydrogens is 560 g/mol. The summed E-state index contributed by atoms with van der Waals surface area (Å²) in [6, 6.07) is 10.3. The summed E-state index contributed by atoms with van der Waals surface area (Å²) in [6.07, 6.45) is 14.5. The third kappa shape index (κ3) is 4.53. The number of ether oxygens (including phenoxy) is 2. The summed E-state index contributed by atoms with van der Waals surface area (Å²) in [5.41, 5.74) is 2.28. The summed E-state index contributed by atoms with van der Waals surface area (Å²) >= 11 is 3.46. The van der Waals surface area contributed by atoms with Gasteiger partial charge in [-0.15, -0.1) is 6.42 Å². The summed E-state index contributed by atoms with van der Waals surface area (Å²) < 4.78 is 11.5. The molecule has 2 aromatic carbocycles. The van der Waals surface area contributed by atoms with E-state index in [1.807, 2.05) is 12.1 Å². The average Bonchev–Trinajstić information content (AvgIpc) is 2.90. The SMILES string of the molecule is C#CCOc1cc(Br)c(/C=C2\C(=O)NC(=O)N(c3ccc(C45CC6CC(CC(C6)C4)C5)cc3)C2=O)cc1OC. The summed E-state index contributed by atoms with van der Waals surface area (Å²) in [6.45, 7) is 0.0584. The van der Waals surface area contributed by atoms with Gasteiger partial charge in [0.2, 0.25) is 0 Å². The zero-order valence-corrected chi connectivity index (χ0v) is 23.3. The van der Waals surface area contributed by atoms with Gasteiger partial charge in [-0.1, -0.05) is 34.0 Å². The highest BCUT2D eigenvalue weighted by molar-refractivity contribution is 9.10. The van der Waals surface area contributed by atoms with Crippen molar-refractivity contribution in [1.29, 1.82) is 0 Å². The molecule has 4 saturated carbocycles. The minimum Gasteiger partial charge on any atom is -0.493 e. The van der Waals surface area contributed by atoms with Crippen molar-refractivity contribution in [3.05, 3.63) is 57.6 Å². The van der Waals surface area contributed by atoms with E-state index in [0.717, 1.165) is 22.7 Å². The van der Waals surface area contributed by atoms with E-state index in [1.54, 1.807) is 12.1 Å². The molecule has 1 N–H and O–H groups in total. The first-order valence-corrected chi connectivity index (χ1v) is 14.1. The van der Waals surface area contributed by atoms with Gasteiger partial charge in [-0.05, 0) is 103 Å². The van der Waals surface area contributed by atoms with Gasteiger partial charge in [-0.25, -0.2) is 9.69 Å². The molecule has 4 aliphatic carbocycles. The maximum absolute atomic E-state index is 13.5. The first-order valence-electron chi connectivity index (χ1n) is 13.3. The number of amides is 4. The van der Waals surface area contributed by atoms with Crippen LogP contribution in [-0.2, 0) is 15.0 Å². The number of nitrogens with one attached hydrogen (secondary N) is 1. The number of hydrogen-bond donors (Lipinski definition) is 1. The van der Waals surface area contributed by atoms with E-state index in [1.165, 1.54) is 57.3 Å². The van der Waals surface area contributed by atoms with Gasteiger partial charge in [0, 0.05) is 4.47 Å². The molecule has 8 heteroatoms. The molecule has 0 unspecified atom stereocenters. The Morgan fingerprint density at radius 2 is 1.69 bits per heavy atom. The fourth-order valence-electron chi connectivity index (χ4n) is 7.53. The monoisotopic (exact) mass is 588 g/mol. The van der Waals surface area contributed by atoms with Crippen molar-refractivity contribution < 1.29 is 23.9 Å². The van der Waals surface area contributed by atoms with E-state index < -0.39 is 17.8 Å². The topological polar surface area (TPSA) is 84.9 Å². The standard InChI is InChI=1S/C31H29BrN2O5/c1-3-8-39-27-14-25(32)21(13-26(27)38-2)12-24-28(35)33-30(37)34(29(24)36)23-6-4-22(5-7-23)31-15-18-9-19(16-31)11-20(10-18)17-31/h1,4-7,12-14,18-20H,8-11,15-17H2,2H3,(H,33,35,37)/b24-12+. The van der Waals surface area contributed by atoms with Crippen LogP contribution in [0, 0.1) is 30.1 Å². The van der Waals surface area contributed by atoms with Crippen LogP contribution in [0.4, 0.5) is 10.5 Å². The number of urea groups is 1. The molecule has 200 valence electrons. The summed E-state index contributed by atoms with van der Waals surface area (Å²) in [7, 11) is 1.48. The number of halogens is 1. The Morgan fingerprint density at radius 1 is 1.05 bits per heavy atom. The predicted molar refractivity (Wildman–Crippen MR) is 150 cm³/mol. The second-order valence-electron chi connectivity index (χ2n) is 11.2. The van der Waals surface area contributed by atoms with Crippen LogP contribution >= 0.6 is 15.9 Å². The van der Waals surface area contributed by atoms with Gasteiger partial charge in [-0.3, -0.25) is 14.9 Å². The Bertz CT molecular complexity index is 1400. The highest BCUT2D eigenvalue weighted by Gasteiger charge is 2.51. The average molecular weight is 589 g/mol. The molecule has 7 rings (SSSR count).